The number of fused-ring (bicyclic) bond motifs is 1. The van der Waals surface area contributed by atoms with Gasteiger partial charge >= 0.3 is 0 Å². The van der Waals surface area contributed by atoms with E-state index in [1.807, 2.05) is 6.07 Å². The van der Waals surface area contributed by atoms with Crippen molar-refractivity contribution in [1.82, 2.24) is 4.57 Å². The minimum absolute atomic E-state index is 0.178. The molecule has 1 amide bonds. The Kier molecular flexibility index (Phi) is 4.76. The third kappa shape index (κ3) is 3.33. The maximum Gasteiger partial charge on any atom is 0.272 e. The number of aromatic nitrogens is 1. The summed E-state index contributed by atoms with van der Waals surface area (Å²) in [5.74, 6) is 1.42. The second-order valence-corrected chi connectivity index (χ2v) is 7.67. The summed E-state index contributed by atoms with van der Waals surface area (Å²) in [6.45, 7) is 0.235. The number of benzene rings is 1. The summed E-state index contributed by atoms with van der Waals surface area (Å²) in [6, 6.07) is 5.15. The zero-order chi connectivity index (χ0) is 19.8. The Labute approximate surface area is 161 Å². The van der Waals surface area contributed by atoms with Crippen LogP contribution in [0.3, 0.4) is 0 Å². The second kappa shape index (κ2) is 7.23. The van der Waals surface area contributed by atoms with Crippen LogP contribution in [0, 0.1) is 35.8 Å². The monoisotopic (exact) mass is 382 g/mol. The molecule has 28 heavy (non-hydrogen) atoms. The van der Waals surface area contributed by atoms with Crippen LogP contribution in [0.1, 0.15) is 47.7 Å². The Morgan fingerprint density at radius 2 is 1.89 bits per heavy atom. The van der Waals surface area contributed by atoms with Gasteiger partial charge in [-0.1, -0.05) is 5.92 Å². The number of nitrogens with zero attached hydrogens (tertiary/aromatic N) is 1. The summed E-state index contributed by atoms with van der Waals surface area (Å²) >= 11 is 0. The average Bonchev–Trinajstić information content (AvgIpc) is 3.31. The molecule has 4 rings (SSSR count). The van der Waals surface area contributed by atoms with E-state index in [4.69, 9.17) is 6.42 Å². The van der Waals surface area contributed by atoms with E-state index >= 15 is 0 Å². The zero-order valence-corrected chi connectivity index (χ0v) is 15.3. The van der Waals surface area contributed by atoms with E-state index in [1.165, 1.54) is 6.07 Å². The van der Waals surface area contributed by atoms with Crippen LogP contribution in [-0.4, -0.2) is 16.3 Å². The molecule has 4 nitrogen and oxygen atoms in total. The van der Waals surface area contributed by atoms with Crippen molar-refractivity contribution in [1.29, 1.82) is 0 Å². The van der Waals surface area contributed by atoms with E-state index in [0.717, 1.165) is 30.5 Å². The van der Waals surface area contributed by atoms with Gasteiger partial charge in [0.2, 0.25) is 0 Å². The average molecular weight is 382 g/mol. The molecule has 0 spiro atoms. The lowest BCUT2D eigenvalue weighted by molar-refractivity contribution is -0.117. The number of amides is 1. The fourth-order valence-electron chi connectivity index (χ4n) is 4.71. The van der Waals surface area contributed by atoms with Crippen LogP contribution in [0.5, 0.6) is 0 Å². The van der Waals surface area contributed by atoms with Gasteiger partial charge in [0.15, 0.2) is 11.6 Å². The number of hydrogen-bond acceptors (Lipinski definition) is 2. The van der Waals surface area contributed by atoms with Gasteiger partial charge in [0.05, 0.1) is 6.54 Å². The molecule has 0 saturated heterocycles. The number of nitrogens with one attached hydrogen (secondary N) is 1. The number of hydrogen-bond donors (Lipinski definition) is 1. The van der Waals surface area contributed by atoms with Gasteiger partial charge in [0.1, 0.15) is 11.5 Å². The lowest BCUT2D eigenvalue weighted by atomic mass is 9.94. The first kappa shape index (κ1) is 18.4. The Morgan fingerprint density at radius 1 is 1.18 bits per heavy atom. The van der Waals surface area contributed by atoms with E-state index in [9.17, 15) is 18.4 Å². The van der Waals surface area contributed by atoms with E-state index in [1.54, 1.807) is 10.8 Å². The molecular weight excluding hydrogens is 362 g/mol. The molecule has 1 aromatic heterocycles. The first-order valence-electron chi connectivity index (χ1n) is 9.37. The summed E-state index contributed by atoms with van der Waals surface area (Å²) in [4.78, 5) is 24.6. The zero-order valence-electron chi connectivity index (χ0n) is 15.3. The predicted molar refractivity (Wildman–Crippen MR) is 101 cm³/mol. The number of halogens is 2. The van der Waals surface area contributed by atoms with Gasteiger partial charge in [-0.25, -0.2) is 8.78 Å². The lowest BCUT2D eigenvalue weighted by Gasteiger charge is -2.15. The molecule has 2 fully saturated rings. The van der Waals surface area contributed by atoms with Crippen LogP contribution in [0.2, 0.25) is 0 Å². The smallest absolute Gasteiger partial charge is 0.272 e. The van der Waals surface area contributed by atoms with Gasteiger partial charge in [-0.05, 0) is 54.4 Å². The van der Waals surface area contributed by atoms with Crippen LogP contribution in [0.4, 0.5) is 14.5 Å². The van der Waals surface area contributed by atoms with Gasteiger partial charge < -0.3 is 9.88 Å². The van der Waals surface area contributed by atoms with E-state index in [-0.39, 0.29) is 18.2 Å². The number of ketones is 1. The molecule has 6 heteroatoms. The summed E-state index contributed by atoms with van der Waals surface area (Å²) in [7, 11) is 0. The van der Waals surface area contributed by atoms with Crippen molar-refractivity contribution in [3.8, 4) is 12.3 Å². The van der Waals surface area contributed by atoms with Gasteiger partial charge in [-0.3, -0.25) is 9.59 Å². The first-order valence-corrected chi connectivity index (χ1v) is 9.37. The molecule has 1 heterocycles. The Hall–Kier alpha value is -2.94. The Balaban J connectivity index is 1.61. The normalized spacial score (nSPS) is 23.5. The molecule has 2 aliphatic rings. The third-order valence-corrected chi connectivity index (χ3v) is 5.91. The minimum atomic E-state index is -1.02. The number of carbonyl (C=O) groups is 2. The molecule has 2 aliphatic carbocycles. The van der Waals surface area contributed by atoms with Gasteiger partial charge in [-0.15, -0.1) is 6.42 Å². The molecule has 1 aromatic carbocycles. The summed E-state index contributed by atoms with van der Waals surface area (Å²) < 4.78 is 28.3. The molecule has 2 atom stereocenters. The van der Waals surface area contributed by atoms with Gasteiger partial charge in [-0.2, -0.15) is 0 Å². The highest BCUT2D eigenvalue weighted by molar-refractivity contribution is 6.04. The molecule has 0 bridgehead atoms. The molecule has 2 saturated carbocycles. The van der Waals surface area contributed by atoms with E-state index in [0.29, 0.717) is 36.2 Å². The van der Waals surface area contributed by atoms with Crippen LogP contribution >= 0.6 is 0 Å². The highest BCUT2D eigenvalue weighted by atomic mass is 19.2. The van der Waals surface area contributed by atoms with Crippen molar-refractivity contribution in [2.24, 2.45) is 11.8 Å². The van der Waals surface area contributed by atoms with E-state index < -0.39 is 17.5 Å². The Bertz CT molecular complexity index is 973. The molecule has 2 unspecified atom stereocenters. The van der Waals surface area contributed by atoms with E-state index in [2.05, 4.69) is 11.2 Å². The summed E-state index contributed by atoms with van der Waals surface area (Å²) in [5, 5.41) is 2.64. The molecule has 0 aliphatic heterocycles. The van der Waals surface area contributed by atoms with Crippen LogP contribution in [0.25, 0.3) is 0 Å². The first-order chi connectivity index (χ1) is 13.5. The summed E-state index contributed by atoms with van der Waals surface area (Å²) in [5.41, 5.74) is 1.52. The topological polar surface area (TPSA) is 51.1 Å². The van der Waals surface area contributed by atoms with Crippen molar-refractivity contribution in [2.45, 2.75) is 38.1 Å². The number of terminal acetylenes is 1. The summed E-state index contributed by atoms with van der Waals surface area (Å²) in [6.07, 6.45) is 10.2. The molecule has 1 N–H and O–H groups in total. The second-order valence-electron chi connectivity index (χ2n) is 7.67. The minimum Gasteiger partial charge on any atom is -0.332 e. The van der Waals surface area contributed by atoms with Crippen molar-refractivity contribution in [3.05, 3.63) is 53.4 Å². The van der Waals surface area contributed by atoms with Crippen molar-refractivity contribution < 1.29 is 18.4 Å². The van der Waals surface area contributed by atoms with Gasteiger partial charge in [0.25, 0.3) is 5.91 Å². The standard InChI is InChI=1S/C22H20F2N2O2/c1-2-6-26-7-5-18(15-8-13-10-17(27)11-14(13)9-15)21(26)22(28)25-16-3-4-19(23)20(24)12-16/h1,3-5,7,12-15H,6,8-11H2,(H,25,28). The fraction of sp³-hybridized carbons (Fsp3) is 0.364. The number of Topliss-reactive ketones (excluding diaryl/α,β-unsaturated/α-hetero) is 1. The third-order valence-electron chi connectivity index (χ3n) is 5.91. The highest BCUT2D eigenvalue weighted by Gasteiger charge is 2.42. The van der Waals surface area contributed by atoms with Crippen LogP contribution in [0.15, 0.2) is 30.5 Å². The Morgan fingerprint density at radius 3 is 2.54 bits per heavy atom. The molecule has 144 valence electrons. The molecule has 0 radical (unpaired) electrons. The van der Waals surface area contributed by atoms with Crippen molar-refractivity contribution >= 4 is 17.4 Å². The van der Waals surface area contributed by atoms with Crippen LogP contribution < -0.4 is 5.32 Å². The maximum atomic E-state index is 13.5. The van der Waals surface area contributed by atoms with Crippen LogP contribution in [-0.2, 0) is 11.3 Å². The van der Waals surface area contributed by atoms with Crippen molar-refractivity contribution in [3.63, 3.8) is 0 Å². The largest absolute Gasteiger partial charge is 0.332 e. The number of carbonyl (C=O) groups excluding carboxylic acids is 2. The highest BCUT2D eigenvalue weighted by Crippen LogP contribution is 2.50. The molecule has 2 aromatic rings. The lowest BCUT2D eigenvalue weighted by Crippen LogP contribution is -2.19. The SMILES string of the molecule is C#CCn1ccc(C2CC3CC(=O)CC3C2)c1C(=O)Nc1ccc(F)c(F)c1. The number of rotatable bonds is 4. The molecular formula is C22H20F2N2O2. The quantitative estimate of drug-likeness (QED) is 0.809. The predicted octanol–water partition coefficient (Wildman–Crippen LogP) is 4.12. The maximum absolute atomic E-state index is 13.5. The van der Waals surface area contributed by atoms with Gasteiger partial charge in [0, 0.05) is 30.8 Å². The fourth-order valence-corrected chi connectivity index (χ4v) is 4.71. The van der Waals surface area contributed by atoms with Crippen molar-refractivity contribution in [2.75, 3.05) is 5.32 Å². The number of anilines is 1.